The molecule has 1 aromatic heterocycles. The third-order valence-electron chi connectivity index (χ3n) is 6.57. The lowest BCUT2D eigenvalue weighted by atomic mass is 9.71. The second-order valence-electron chi connectivity index (χ2n) is 8.29. The maximum atomic E-state index is 13.4. The van der Waals surface area contributed by atoms with E-state index in [2.05, 4.69) is 0 Å². The number of benzene rings is 2. The minimum Gasteiger partial charge on any atom is -0.469 e. The number of nitrogens with zero attached hydrogens (tertiary/aromatic N) is 2. The summed E-state index contributed by atoms with van der Waals surface area (Å²) in [6, 6.07) is 16.9. The molecule has 1 amide bonds. The maximum Gasteiger partial charge on any atom is 0.592 e. The van der Waals surface area contributed by atoms with Crippen LogP contribution in [0.5, 0.6) is 0 Å². The number of hydrogen-bond acceptors (Lipinski definition) is 5. The first-order valence-electron chi connectivity index (χ1n) is 10.6. The van der Waals surface area contributed by atoms with Crippen LogP contribution in [0.1, 0.15) is 17.5 Å². The Morgan fingerprint density at radius 3 is 2.56 bits per heavy atom. The number of ether oxygens (including phenoxy) is 1. The Hall–Kier alpha value is -3.36. The van der Waals surface area contributed by atoms with E-state index in [9.17, 15) is 19.6 Å². The molecule has 3 aromatic rings. The largest absolute Gasteiger partial charge is 0.592 e. The molecule has 32 heavy (non-hydrogen) atoms. The van der Waals surface area contributed by atoms with Gasteiger partial charge in [-0.1, -0.05) is 54.6 Å². The highest BCUT2D eigenvalue weighted by Gasteiger charge is 2.50. The fourth-order valence-electron chi connectivity index (χ4n) is 5.08. The summed E-state index contributed by atoms with van der Waals surface area (Å²) in [7, 11) is -0.336. The normalized spacial score (nSPS) is 22.2. The fourth-order valence-corrected chi connectivity index (χ4v) is 5.08. The molecule has 0 unspecified atom stereocenters. The van der Waals surface area contributed by atoms with E-state index in [-0.39, 0.29) is 17.9 Å². The number of fused-ring (bicyclic) bond motifs is 3. The number of hydrogen-bond donors (Lipinski definition) is 2. The fraction of sp³-hybridized carbons (Fsp3) is 0.250. The minimum atomic E-state index is -1.68. The zero-order chi connectivity index (χ0) is 22.4. The highest BCUT2D eigenvalue weighted by Crippen LogP contribution is 2.46. The van der Waals surface area contributed by atoms with Gasteiger partial charge in [-0.15, -0.1) is 0 Å². The van der Waals surface area contributed by atoms with Crippen molar-refractivity contribution in [3.8, 4) is 0 Å². The van der Waals surface area contributed by atoms with Gasteiger partial charge in [0.15, 0.2) is 0 Å². The van der Waals surface area contributed by atoms with Crippen molar-refractivity contribution in [3.63, 3.8) is 0 Å². The van der Waals surface area contributed by atoms with Gasteiger partial charge in [-0.2, -0.15) is 0 Å². The van der Waals surface area contributed by atoms with Crippen LogP contribution in [0.3, 0.4) is 0 Å². The predicted molar refractivity (Wildman–Crippen MR) is 120 cm³/mol. The second-order valence-corrected chi connectivity index (χ2v) is 8.29. The van der Waals surface area contributed by atoms with Crippen molar-refractivity contribution in [2.24, 2.45) is 11.8 Å². The van der Waals surface area contributed by atoms with Gasteiger partial charge in [0.2, 0.25) is 5.91 Å². The highest BCUT2D eigenvalue weighted by atomic mass is 16.5. The van der Waals surface area contributed by atoms with Gasteiger partial charge in [-0.3, -0.25) is 9.59 Å². The SMILES string of the molecule is COC(=O)[C@H]1C[C@@H]2C(c3cn(B(O)O)c4ccccc34)=C[C@H]1C(=O)N2Cc1ccccc1. The molecule has 3 heterocycles. The van der Waals surface area contributed by atoms with Gasteiger partial charge in [-0.05, 0) is 23.6 Å². The first kappa shape index (κ1) is 20.5. The third kappa shape index (κ3) is 3.23. The third-order valence-corrected chi connectivity index (χ3v) is 6.57. The van der Waals surface area contributed by atoms with E-state index in [1.807, 2.05) is 65.6 Å². The van der Waals surface area contributed by atoms with Gasteiger partial charge >= 0.3 is 13.2 Å². The Labute approximate surface area is 185 Å². The standard InChI is InChI=1S/C24H23BN2O5/c1-32-24(29)19-12-22-17(20-14-27(25(30)31)21-10-6-5-9-16(20)21)11-18(19)23(28)26(22)13-15-7-3-2-4-8-15/h2-11,14,18-19,22,30-31H,12-13H2,1H3/t18-,19+,22-/m1/s1. The molecule has 8 heteroatoms. The van der Waals surface area contributed by atoms with Crippen molar-refractivity contribution >= 4 is 35.6 Å². The molecule has 2 bridgehead atoms. The molecule has 1 saturated heterocycles. The quantitative estimate of drug-likeness (QED) is 0.478. The van der Waals surface area contributed by atoms with E-state index in [0.717, 1.165) is 22.1 Å². The molecule has 6 rings (SSSR count). The van der Waals surface area contributed by atoms with E-state index in [1.54, 1.807) is 6.20 Å². The zero-order valence-corrected chi connectivity index (χ0v) is 17.6. The van der Waals surface area contributed by atoms with Crippen molar-refractivity contribution < 1.29 is 24.4 Å². The van der Waals surface area contributed by atoms with Crippen molar-refractivity contribution in [1.82, 2.24) is 9.38 Å². The van der Waals surface area contributed by atoms with Gasteiger partial charge in [0.1, 0.15) is 0 Å². The molecule has 162 valence electrons. The molecule has 0 saturated carbocycles. The van der Waals surface area contributed by atoms with E-state index < -0.39 is 19.1 Å². The maximum absolute atomic E-state index is 13.4. The van der Waals surface area contributed by atoms with Crippen LogP contribution in [-0.4, -0.2) is 51.7 Å². The van der Waals surface area contributed by atoms with Crippen molar-refractivity contribution in [2.75, 3.05) is 7.11 Å². The molecule has 3 atom stereocenters. The number of carbonyl (C=O) groups excluding carboxylic acids is 2. The predicted octanol–water partition coefficient (Wildman–Crippen LogP) is 2.06. The van der Waals surface area contributed by atoms with E-state index >= 15 is 0 Å². The molecular weight excluding hydrogens is 407 g/mol. The Morgan fingerprint density at radius 1 is 1.12 bits per heavy atom. The summed E-state index contributed by atoms with van der Waals surface area (Å²) in [6.07, 6.45) is 4.04. The Balaban J connectivity index is 1.63. The Kier molecular flexibility index (Phi) is 5.11. The number of piperidine rings is 1. The second kappa shape index (κ2) is 7.96. The first-order chi connectivity index (χ1) is 15.5. The lowest BCUT2D eigenvalue weighted by Gasteiger charge is -2.47. The molecule has 7 nitrogen and oxygen atoms in total. The lowest BCUT2D eigenvalue weighted by Crippen LogP contribution is -2.56. The molecule has 3 aliphatic rings. The van der Waals surface area contributed by atoms with Gasteiger partial charge < -0.3 is 24.2 Å². The monoisotopic (exact) mass is 430 g/mol. The van der Waals surface area contributed by atoms with Crippen molar-refractivity contribution in [1.29, 1.82) is 0 Å². The van der Waals surface area contributed by atoms with Gasteiger partial charge in [0.05, 0.1) is 25.0 Å². The number of esters is 1. The van der Waals surface area contributed by atoms with Crippen LogP contribution in [0.2, 0.25) is 0 Å². The number of carbonyl (C=O) groups is 2. The van der Waals surface area contributed by atoms with Crippen LogP contribution < -0.4 is 0 Å². The highest BCUT2D eigenvalue weighted by molar-refractivity contribution is 6.41. The first-order valence-corrected chi connectivity index (χ1v) is 10.6. The van der Waals surface area contributed by atoms with Gasteiger partial charge in [0, 0.05) is 29.2 Å². The van der Waals surface area contributed by atoms with Crippen LogP contribution >= 0.6 is 0 Å². The molecule has 2 aliphatic heterocycles. The number of methoxy groups -OCH3 is 1. The number of rotatable bonds is 5. The summed E-state index contributed by atoms with van der Waals surface area (Å²) < 4.78 is 6.38. The average Bonchev–Trinajstić information content (AvgIpc) is 3.21. The number of para-hydroxylation sites is 1. The smallest absolute Gasteiger partial charge is 0.469 e. The summed E-state index contributed by atoms with van der Waals surface area (Å²) in [6.45, 7) is 0.438. The van der Waals surface area contributed by atoms with Crippen LogP contribution in [0.4, 0.5) is 0 Å². The van der Waals surface area contributed by atoms with Crippen LogP contribution in [-0.2, 0) is 20.9 Å². The van der Waals surface area contributed by atoms with E-state index in [1.165, 1.54) is 11.6 Å². The zero-order valence-electron chi connectivity index (χ0n) is 17.6. The van der Waals surface area contributed by atoms with E-state index in [4.69, 9.17) is 4.74 Å². The number of aromatic nitrogens is 1. The average molecular weight is 430 g/mol. The van der Waals surface area contributed by atoms with Gasteiger partial charge in [0.25, 0.3) is 0 Å². The molecule has 2 aromatic carbocycles. The lowest BCUT2D eigenvalue weighted by molar-refractivity contribution is -0.158. The molecule has 1 aliphatic carbocycles. The molecule has 2 N–H and O–H groups in total. The van der Waals surface area contributed by atoms with Crippen LogP contribution in [0, 0.1) is 11.8 Å². The molecular formula is C24H23BN2O5. The molecule has 1 fully saturated rings. The van der Waals surface area contributed by atoms with Crippen molar-refractivity contribution in [3.05, 3.63) is 78.0 Å². The van der Waals surface area contributed by atoms with Crippen LogP contribution in [0.25, 0.3) is 16.5 Å². The summed E-state index contributed by atoms with van der Waals surface area (Å²) in [4.78, 5) is 27.6. The van der Waals surface area contributed by atoms with Crippen molar-refractivity contribution in [2.45, 2.75) is 19.0 Å². The van der Waals surface area contributed by atoms with Gasteiger partial charge in [-0.25, -0.2) is 0 Å². The summed E-state index contributed by atoms with van der Waals surface area (Å²) >= 11 is 0. The summed E-state index contributed by atoms with van der Waals surface area (Å²) in [5.41, 5.74) is 3.44. The number of amides is 1. The van der Waals surface area contributed by atoms with Crippen LogP contribution in [0.15, 0.2) is 66.9 Å². The Bertz CT molecular complexity index is 1220. The minimum absolute atomic E-state index is 0.0878. The molecule has 0 spiro atoms. The van der Waals surface area contributed by atoms with E-state index in [0.29, 0.717) is 18.5 Å². The summed E-state index contributed by atoms with van der Waals surface area (Å²) in [5, 5.41) is 20.6. The topological polar surface area (TPSA) is 92.0 Å². The molecule has 0 radical (unpaired) electrons. The summed E-state index contributed by atoms with van der Waals surface area (Å²) in [5.74, 6) is -1.61. The Morgan fingerprint density at radius 2 is 1.84 bits per heavy atom.